The van der Waals surface area contributed by atoms with E-state index in [2.05, 4.69) is 146 Å². The van der Waals surface area contributed by atoms with Crippen molar-refractivity contribution in [2.45, 2.75) is 19.3 Å². The second kappa shape index (κ2) is 9.42. The maximum Gasteiger partial charge on any atom is 0.165 e. The maximum absolute atomic E-state index is 6.55. The number of fused-ring (bicyclic) bond motifs is 11. The second-order valence-corrected chi connectivity index (χ2v) is 13.8. The minimum absolute atomic E-state index is 0.332. The summed E-state index contributed by atoms with van der Waals surface area (Å²) in [6.07, 6.45) is 0. The van der Waals surface area contributed by atoms with Crippen LogP contribution in [-0.4, -0.2) is 14.5 Å². The third-order valence-electron chi connectivity index (χ3n) is 10.7. The van der Waals surface area contributed by atoms with Crippen molar-refractivity contribution in [1.29, 1.82) is 0 Å². The lowest BCUT2D eigenvalue weighted by molar-refractivity contribution is 0.650. The van der Waals surface area contributed by atoms with Gasteiger partial charge >= 0.3 is 0 Å². The van der Waals surface area contributed by atoms with E-state index in [1.807, 2.05) is 12.1 Å². The fraction of sp³-hybridized carbons (Fsp3) is 0.0667. The van der Waals surface area contributed by atoms with Gasteiger partial charge in [0, 0.05) is 38.1 Å². The SMILES string of the molecule is CC1(C)c2ccccc2-c2nc(-c3cccc4c3oc3ccccc34)nc(-n3c4cc5ccccc5cc4c4cc5ccccc5cc43)c21. The summed E-state index contributed by atoms with van der Waals surface area (Å²) in [6, 6.07) is 49.8. The number of para-hydroxylation sites is 2. The summed E-state index contributed by atoms with van der Waals surface area (Å²) >= 11 is 0. The molecule has 0 radical (unpaired) electrons. The van der Waals surface area contributed by atoms with E-state index in [9.17, 15) is 0 Å². The van der Waals surface area contributed by atoms with Crippen LogP contribution >= 0.6 is 0 Å². The molecule has 0 saturated heterocycles. The molecule has 4 nitrogen and oxygen atoms in total. The Labute approximate surface area is 281 Å². The molecule has 0 bridgehead atoms. The molecule has 3 aromatic heterocycles. The highest BCUT2D eigenvalue weighted by molar-refractivity contribution is 6.17. The Hall–Kier alpha value is -6.26. The molecule has 0 amide bonds. The zero-order chi connectivity index (χ0) is 32.4. The van der Waals surface area contributed by atoms with E-state index in [-0.39, 0.29) is 5.41 Å². The van der Waals surface area contributed by atoms with Crippen LogP contribution in [0.1, 0.15) is 25.0 Å². The topological polar surface area (TPSA) is 43.9 Å². The number of nitrogens with zero attached hydrogens (tertiary/aromatic N) is 3. The van der Waals surface area contributed by atoms with Crippen LogP contribution in [0.3, 0.4) is 0 Å². The van der Waals surface area contributed by atoms with Crippen LogP contribution in [0.4, 0.5) is 0 Å². The normalized spacial score (nSPS) is 13.7. The van der Waals surface area contributed by atoms with Crippen LogP contribution in [0.2, 0.25) is 0 Å². The fourth-order valence-corrected chi connectivity index (χ4v) is 8.41. The third-order valence-corrected chi connectivity index (χ3v) is 10.7. The molecule has 0 unspecified atom stereocenters. The van der Waals surface area contributed by atoms with Crippen molar-refractivity contribution in [3.63, 3.8) is 0 Å². The van der Waals surface area contributed by atoms with Gasteiger partial charge in [-0.3, -0.25) is 4.57 Å². The molecule has 0 fully saturated rings. The Morgan fingerprint density at radius 3 is 1.82 bits per heavy atom. The van der Waals surface area contributed by atoms with Crippen molar-refractivity contribution >= 4 is 65.3 Å². The van der Waals surface area contributed by atoms with Gasteiger partial charge in [-0.25, -0.2) is 9.97 Å². The van der Waals surface area contributed by atoms with Gasteiger partial charge in [-0.15, -0.1) is 0 Å². The van der Waals surface area contributed by atoms with Gasteiger partial charge in [-0.2, -0.15) is 0 Å². The monoisotopic (exact) mass is 627 g/mol. The minimum atomic E-state index is -0.332. The van der Waals surface area contributed by atoms with Gasteiger partial charge in [-0.1, -0.05) is 117 Å². The van der Waals surface area contributed by atoms with Crippen molar-refractivity contribution in [3.05, 3.63) is 151 Å². The highest BCUT2D eigenvalue weighted by atomic mass is 16.3. The van der Waals surface area contributed by atoms with E-state index in [4.69, 9.17) is 14.4 Å². The number of benzene rings is 7. The van der Waals surface area contributed by atoms with E-state index in [1.165, 1.54) is 37.9 Å². The largest absolute Gasteiger partial charge is 0.455 e. The van der Waals surface area contributed by atoms with Crippen molar-refractivity contribution in [1.82, 2.24) is 14.5 Å². The maximum atomic E-state index is 6.55. The lowest BCUT2D eigenvalue weighted by Crippen LogP contribution is -2.19. The van der Waals surface area contributed by atoms with Gasteiger partial charge in [0.2, 0.25) is 0 Å². The predicted octanol–water partition coefficient (Wildman–Crippen LogP) is 11.8. The molecule has 1 aliphatic carbocycles. The molecule has 0 spiro atoms. The predicted molar refractivity (Wildman–Crippen MR) is 202 cm³/mol. The molecule has 0 saturated carbocycles. The van der Waals surface area contributed by atoms with Crippen molar-refractivity contribution in [3.8, 4) is 28.5 Å². The van der Waals surface area contributed by atoms with Crippen molar-refractivity contribution in [2.24, 2.45) is 0 Å². The molecule has 1 aliphatic rings. The molecule has 4 heteroatoms. The molecule has 3 heterocycles. The van der Waals surface area contributed by atoms with Gasteiger partial charge in [-0.05, 0) is 63.5 Å². The van der Waals surface area contributed by atoms with E-state index in [0.717, 1.165) is 61.2 Å². The first-order valence-corrected chi connectivity index (χ1v) is 16.8. The van der Waals surface area contributed by atoms with Crippen LogP contribution in [0.15, 0.2) is 144 Å². The van der Waals surface area contributed by atoms with Crippen molar-refractivity contribution < 1.29 is 4.42 Å². The van der Waals surface area contributed by atoms with E-state index in [0.29, 0.717) is 5.82 Å². The highest BCUT2D eigenvalue weighted by Crippen LogP contribution is 2.51. The van der Waals surface area contributed by atoms with Gasteiger partial charge in [0.25, 0.3) is 0 Å². The smallest absolute Gasteiger partial charge is 0.165 e. The van der Waals surface area contributed by atoms with E-state index in [1.54, 1.807) is 0 Å². The Bertz CT molecular complexity index is 2940. The van der Waals surface area contributed by atoms with Crippen molar-refractivity contribution in [2.75, 3.05) is 0 Å². The summed E-state index contributed by atoms with van der Waals surface area (Å²) in [5, 5.41) is 9.42. The summed E-state index contributed by atoms with van der Waals surface area (Å²) in [5.74, 6) is 1.56. The van der Waals surface area contributed by atoms with Crippen LogP contribution in [0.25, 0.3) is 93.8 Å². The highest BCUT2D eigenvalue weighted by Gasteiger charge is 2.41. The number of furan rings is 1. The summed E-state index contributed by atoms with van der Waals surface area (Å²) in [5.41, 5.74) is 9.00. The van der Waals surface area contributed by atoms with Gasteiger partial charge < -0.3 is 4.42 Å². The molecule has 0 N–H and O–H groups in total. The first-order valence-electron chi connectivity index (χ1n) is 16.8. The van der Waals surface area contributed by atoms with Crippen LogP contribution in [-0.2, 0) is 5.41 Å². The van der Waals surface area contributed by atoms with Gasteiger partial charge in [0.1, 0.15) is 17.0 Å². The average Bonchev–Trinajstić information content (AvgIpc) is 3.74. The zero-order valence-electron chi connectivity index (χ0n) is 27.0. The molecule has 230 valence electrons. The summed E-state index contributed by atoms with van der Waals surface area (Å²) in [6.45, 7) is 4.62. The molecular weight excluding hydrogens is 599 g/mol. The lowest BCUT2D eigenvalue weighted by atomic mass is 9.82. The van der Waals surface area contributed by atoms with E-state index < -0.39 is 0 Å². The Kier molecular flexibility index (Phi) is 5.15. The fourth-order valence-electron chi connectivity index (χ4n) is 8.41. The van der Waals surface area contributed by atoms with Crippen LogP contribution < -0.4 is 0 Å². The molecular formula is C45H29N3O. The standard InChI is InChI=1S/C45H29N3O/c1-45(2)36-20-9-7-17-32(36)41-40(45)44(47-43(46-41)33-19-11-18-31-30-16-8-10-21-39(30)49-42(31)33)48-37-24-28-14-5-3-12-26(28)22-34(37)35-23-27-13-4-6-15-29(27)25-38(35)48/h3-25H,1-2H3. The Balaban J connectivity index is 1.33. The molecule has 49 heavy (non-hydrogen) atoms. The minimum Gasteiger partial charge on any atom is -0.455 e. The Morgan fingerprint density at radius 2 is 1.10 bits per heavy atom. The number of aromatic nitrogens is 3. The zero-order valence-corrected chi connectivity index (χ0v) is 27.0. The molecule has 10 aromatic rings. The number of hydrogen-bond acceptors (Lipinski definition) is 3. The third kappa shape index (κ3) is 3.58. The number of hydrogen-bond donors (Lipinski definition) is 0. The number of rotatable bonds is 2. The van der Waals surface area contributed by atoms with Gasteiger partial charge in [0.15, 0.2) is 5.82 Å². The molecule has 0 aliphatic heterocycles. The van der Waals surface area contributed by atoms with Crippen LogP contribution in [0, 0.1) is 0 Å². The summed E-state index contributed by atoms with van der Waals surface area (Å²) in [7, 11) is 0. The first kappa shape index (κ1) is 26.8. The average molecular weight is 628 g/mol. The van der Waals surface area contributed by atoms with Gasteiger partial charge in [0.05, 0.1) is 22.3 Å². The molecule has 11 rings (SSSR count). The summed E-state index contributed by atoms with van der Waals surface area (Å²) < 4.78 is 8.95. The second-order valence-electron chi connectivity index (χ2n) is 13.8. The quantitative estimate of drug-likeness (QED) is 0.192. The van der Waals surface area contributed by atoms with Crippen LogP contribution in [0.5, 0.6) is 0 Å². The Morgan fingerprint density at radius 1 is 0.531 bits per heavy atom. The van der Waals surface area contributed by atoms with E-state index >= 15 is 0 Å². The lowest BCUT2D eigenvalue weighted by Gasteiger charge is -2.24. The molecule has 7 aromatic carbocycles. The molecule has 0 atom stereocenters. The first-order chi connectivity index (χ1) is 24.0. The summed E-state index contributed by atoms with van der Waals surface area (Å²) in [4.78, 5) is 11.0.